The van der Waals surface area contributed by atoms with Crippen LogP contribution < -0.4 is 10.1 Å². The molecule has 11 nitrogen and oxygen atoms in total. The Labute approximate surface area is 209 Å². The minimum atomic E-state index is -0.687. The van der Waals surface area contributed by atoms with Gasteiger partial charge < -0.3 is 15.2 Å². The standard InChI is InChI=1S/C26H16N6O5/c27-13-22-25(29-17-6-9-20(10-7-17)37-19-4-2-1-3-5-19)30-31-15-16(14-28-26(22)31)24(34)21-12-18(32(35)36)8-11-23(21)33/h1-12,14-15,33H,(H,29,30). The van der Waals surface area contributed by atoms with Crippen molar-refractivity contribution < 1.29 is 19.6 Å². The lowest BCUT2D eigenvalue weighted by Gasteiger charge is -2.07. The van der Waals surface area contributed by atoms with E-state index in [-0.39, 0.29) is 33.8 Å². The first-order chi connectivity index (χ1) is 17.9. The van der Waals surface area contributed by atoms with E-state index < -0.39 is 16.5 Å². The van der Waals surface area contributed by atoms with E-state index in [1.807, 2.05) is 30.3 Å². The number of hydrogen-bond donors (Lipinski definition) is 2. The lowest BCUT2D eigenvalue weighted by Crippen LogP contribution is -2.06. The van der Waals surface area contributed by atoms with E-state index in [1.54, 1.807) is 24.3 Å². The van der Waals surface area contributed by atoms with Crippen molar-refractivity contribution in [1.82, 2.24) is 14.6 Å². The van der Waals surface area contributed by atoms with E-state index in [1.165, 1.54) is 16.9 Å². The summed E-state index contributed by atoms with van der Waals surface area (Å²) in [6.45, 7) is 0. The van der Waals surface area contributed by atoms with Crippen LogP contribution in [0.3, 0.4) is 0 Å². The zero-order valence-corrected chi connectivity index (χ0v) is 18.9. The summed E-state index contributed by atoms with van der Waals surface area (Å²) in [6, 6.07) is 21.6. The van der Waals surface area contributed by atoms with Crippen molar-refractivity contribution in [3.05, 3.63) is 112 Å². The molecule has 0 amide bonds. The molecule has 0 aliphatic heterocycles. The highest BCUT2D eigenvalue weighted by Crippen LogP contribution is 2.28. The Bertz CT molecular complexity index is 1690. The smallest absolute Gasteiger partial charge is 0.270 e. The topological polar surface area (TPSA) is 156 Å². The molecule has 180 valence electrons. The summed E-state index contributed by atoms with van der Waals surface area (Å²) in [4.78, 5) is 27.5. The van der Waals surface area contributed by atoms with Gasteiger partial charge in [0.05, 0.1) is 16.1 Å². The van der Waals surface area contributed by atoms with Crippen LogP contribution in [0, 0.1) is 21.4 Å². The number of benzene rings is 3. The van der Waals surface area contributed by atoms with Crippen LogP contribution in [0.1, 0.15) is 21.5 Å². The molecule has 3 aromatic carbocycles. The maximum atomic E-state index is 12.9. The van der Waals surface area contributed by atoms with Gasteiger partial charge in [-0.25, -0.2) is 9.50 Å². The molecule has 0 aliphatic rings. The summed E-state index contributed by atoms with van der Waals surface area (Å²) >= 11 is 0. The third-order valence-corrected chi connectivity index (χ3v) is 5.38. The number of ether oxygens (including phenoxy) is 1. The van der Waals surface area contributed by atoms with Crippen LogP contribution in [-0.2, 0) is 0 Å². The van der Waals surface area contributed by atoms with Crippen molar-refractivity contribution in [3.63, 3.8) is 0 Å². The second-order valence-electron chi connectivity index (χ2n) is 7.80. The normalized spacial score (nSPS) is 10.6. The molecule has 0 saturated carbocycles. The summed E-state index contributed by atoms with van der Waals surface area (Å²) in [7, 11) is 0. The molecule has 0 aliphatic carbocycles. The number of nitrogens with zero attached hydrogens (tertiary/aromatic N) is 5. The number of rotatable bonds is 7. The lowest BCUT2D eigenvalue weighted by molar-refractivity contribution is -0.384. The minimum Gasteiger partial charge on any atom is -0.507 e. The molecule has 2 aromatic heterocycles. The van der Waals surface area contributed by atoms with Crippen LogP contribution >= 0.6 is 0 Å². The number of nitro benzene ring substituents is 1. The average molecular weight is 492 g/mol. The van der Waals surface area contributed by atoms with Crippen molar-refractivity contribution >= 4 is 28.6 Å². The number of carbonyl (C=O) groups is 1. The van der Waals surface area contributed by atoms with Gasteiger partial charge in [0.15, 0.2) is 17.2 Å². The number of phenolic OH excluding ortho intramolecular Hbond substituents is 1. The number of fused-ring (bicyclic) bond motifs is 1. The molecule has 5 aromatic rings. The number of hydrogen-bond acceptors (Lipinski definition) is 9. The van der Waals surface area contributed by atoms with Crippen molar-refractivity contribution in [2.24, 2.45) is 0 Å². The van der Waals surface area contributed by atoms with E-state index in [4.69, 9.17) is 4.74 Å². The van der Waals surface area contributed by atoms with Gasteiger partial charge in [0.1, 0.15) is 28.9 Å². The molecule has 0 radical (unpaired) electrons. The second-order valence-corrected chi connectivity index (χ2v) is 7.80. The number of carbonyl (C=O) groups excluding carboxylic acids is 1. The Morgan fingerprint density at radius 3 is 2.51 bits per heavy atom. The monoisotopic (exact) mass is 492 g/mol. The van der Waals surface area contributed by atoms with Crippen molar-refractivity contribution in [2.45, 2.75) is 0 Å². The maximum absolute atomic E-state index is 12.9. The molecule has 37 heavy (non-hydrogen) atoms. The van der Waals surface area contributed by atoms with E-state index in [0.29, 0.717) is 17.2 Å². The van der Waals surface area contributed by atoms with E-state index in [2.05, 4.69) is 21.5 Å². The van der Waals surface area contributed by atoms with Crippen molar-refractivity contribution in [3.8, 4) is 23.3 Å². The molecule has 5 rings (SSSR count). The molecule has 2 heterocycles. The van der Waals surface area contributed by atoms with Crippen LogP contribution in [0.15, 0.2) is 85.2 Å². The summed E-state index contributed by atoms with van der Waals surface area (Å²) in [5.41, 5.74) is 0.421. The van der Waals surface area contributed by atoms with Gasteiger partial charge >= 0.3 is 0 Å². The van der Waals surface area contributed by atoms with Crippen LogP contribution in [0.5, 0.6) is 17.2 Å². The van der Waals surface area contributed by atoms with Crippen molar-refractivity contribution in [2.75, 3.05) is 5.32 Å². The Balaban J connectivity index is 1.42. The van der Waals surface area contributed by atoms with Gasteiger partial charge in [-0.1, -0.05) is 18.2 Å². The number of para-hydroxylation sites is 1. The molecule has 0 atom stereocenters. The number of ketones is 1. The van der Waals surface area contributed by atoms with Crippen LogP contribution in [0.4, 0.5) is 17.2 Å². The fraction of sp³-hybridized carbons (Fsp3) is 0. The van der Waals surface area contributed by atoms with E-state index in [0.717, 1.165) is 18.2 Å². The molecule has 0 fully saturated rings. The van der Waals surface area contributed by atoms with E-state index in [9.17, 15) is 25.3 Å². The van der Waals surface area contributed by atoms with Crippen LogP contribution in [0.25, 0.3) is 5.65 Å². The molecule has 0 unspecified atom stereocenters. The van der Waals surface area contributed by atoms with Gasteiger partial charge in [-0.05, 0) is 42.5 Å². The number of aromatic hydroxyl groups is 1. The first kappa shape index (κ1) is 23.0. The average Bonchev–Trinajstić information content (AvgIpc) is 3.26. The quantitative estimate of drug-likeness (QED) is 0.182. The fourth-order valence-corrected chi connectivity index (χ4v) is 3.59. The first-order valence-corrected chi connectivity index (χ1v) is 10.8. The second kappa shape index (κ2) is 9.47. The van der Waals surface area contributed by atoms with Gasteiger partial charge in [-0.3, -0.25) is 14.9 Å². The first-order valence-electron chi connectivity index (χ1n) is 10.8. The highest BCUT2D eigenvalue weighted by Gasteiger charge is 2.21. The third-order valence-electron chi connectivity index (χ3n) is 5.38. The third kappa shape index (κ3) is 4.62. The van der Waals surface area contributed by atoms with Gasteiger partial charge in [0.2, 0.25) is 0 Å². The number of non-ortho nitro benzene ring substituents is 1. The van der Waals surface area contributed by atoms with Crippen molar-refractivity contribution in [1.29, 1.82) is 5.26 Å². The number of nitrogens with one attached hydrogen (secondary N) is 1. The van der Waals surface area contributed by atoms with Gasteiger partial charge in [-0.15, -0.1) is 5.10 Å². The molecule has 0 bridgehead atoms. The largest absolute Gasteiger partial charge is 0.507 e. The summed E-state index contributed by atoms with van der Waals surface area (Å²) in [5, 5.41) is 38.2. The molecular formula is C26H16N6O5. The Morgan fingerprint density at radius 2 is 1.81 bits per heavy atom. The Hall–Kier alpha value is -5.76. The number of nitro groups is 1. The highest BCUT2D eigenvalue weighted by atomic mass is 16.6. The number of nitriles is 1. The zero-order valence-electron chi connectivity index (χ0n) is 18.9. The number of aromatic nitrogens is 3. The molecule has 2 N–H and O–H groups in total. The molecule has 0 saturated heterocycles. The summed E-state index contributed by atoms with van der Waals surface area (Å²) in [5.74, 6) is 0.449. The highest BCUT2D eigenvalue weighted by molar-refractivity contribution is 6.10. The predicted molar refractivity (Wildman–Crippen MR) is 132 cm³/mol. The Morgan fingerprint density at radius 1 is 1.08 bits per heavy atom. The zero-order chi connectivity index (χ0) is 25.9. The number of phenols is 1. The lowest BCUT2D eigenvalue weighted by atomic mass is 10.0. The van der Waals surface area contributed by atoms with Gasteiger partial charge in [0.25, 0.3) is 5.69 Å². The molecule has 0 spiro atoms. The van der Waals surface area contributed by atoms with Gasteiger partial charge in [0, 0.05) is 30.2 Å². The summed E-state index contributed by atoms with van der Waals surface area (Å²) < 4.78 is 7.04. The molecule has 11 heteroatoms. The van der Waals surface area contributed by atoms with Crippen LogP contribution in [0.2, 0.25) is 0 Å². The number of anilines is 2. The summed E-state index contributed by atoms with van der Waals surface area (Å²) in [6.07, 6.45) is 2.56. The van der Waals surface area contributed by atoms with E-state index >= 15 is 0 Å². The minimum absolute atomic E-state index is 0.0178. The van der Waals surface area contributed by atoms with Crippen LogP contribution in [-0.4, -0.2) is 30.4 Å². The predicted octanol–water partition coefficient (Wildman–Crippen LogP) is 4.98. The SMILES string of the molecule is N#Cc1c(Nc2ccc(Oc3ccccc3)cc2)nn2cc(C(=O)c3cc([N+](=O)[O-])ccc3O)cnc12. The molecular weight excluding hydrogens is 476 g/mol. The Kier molecular flexibility index (Phi) is 5.89. The fourth-order valence-electron chi connectivity index (χ4n) is 3.59. The maximum Gasteiger partial charge on any atom is 0.270 e. The van der Waals surface area contributed by atoms with Gasteiger partial charge in [-0.2, -0.15) is 5.26 Å².